The van der Waals surface area contributed by atoms with Crippen molar-refractivity contribution in [3.8, 4) is 0 Å². The van der Waals surface area contributed by atoms with Crippen LogP contribution < -0.4 is 0 Å². The highest BCUT2D eigenvalue weighted by Gasteiger charge is 2.61. The summed E-state index contributed by atoms with van der Waals surface area (Å²) in [6.45, 7) is 13.7. The van der Waals surface area contributed by atoms with Crippen molar-refractivity contribution in [2.24, 2.45) is 46.3 Å². The summed E-state index contributed by atoms with van der Waals surface area (Å²) >= 11 is 0. The van der Waals surface area contributed by atoms with E-state index in [2.05, 4.69) is 33.8 Å². The molecule has 0 bridgehead atoms. The SMILES string of the molecule is CC.CC(C)CCCCC1CCC2C3C(OO)C=C4CC(C=O)CCC4(C)C3CCC12C. The third-order valence-corrected chi connectivity index (χ3v) is 10.2. The van der Waals surface area contributed by atoms with Crippen molar-refractivity contribution in [2.75, 3.05) is 0 Å². The number of unbranched alkanes of at least 4 members (excludes halogenated alkanes) is 1. The van der Waals surface area contributed by atoms with E-state index in [4.69, 9.17) is 4.89 Å². The number of fused-ring (bicyclic) bond motifs is 5. The molecule has 0 aliphatic heterocycles. The first-order valence-electron chi connectivity index (χ1n) is 13.8. The van der Waals surface area contributed by atoms with Gasteiger partial charge >= 0.3 is 0 Å². The van der Waals surface area contributed by atoms with Gasteiger partial charge in [0.15, 0.2) is 0 Å². The van der Waals surface area contributed by atoms with E-state index < -0.39 is 0 Å². The summed E-state index contributed by atoms with van der Waals surface area (Å²) in [7, 11) is 0. The Kier molecular flexibility index (Phi) is 8.69. The van der Waals surface area contributed by atoms with E-state index in [0.29, 0.717) is 23.2 Å². The normalized spacial score (nSPS) is 42.8. The Labute approximate surface area is 197 Å². The Morgan fingerprint density at radius 1 is 1.09 bits per heavy atom. The van der Waals surface area contributed by atoms with Crippen LogP contribution >= 0.6 is 0 Å². The van der Waals surface area contributed by atoms with E-state index in [9.17, 15) is 10.1 Å². The number of allylic oxidation sites excluding steroid dienone is 1. The van der Waals surface area contributed by atoms with Crippen molar-refractivity contribution in [1.29, 1.82) is 0 Å². The van der Waals surface area contributed by atoms with Gasteiger partial charge in [0.1, 0.15) is 12.4 Å². The molecule has 0 amide bonds. The van der Waals surface area contributed by atoms with Gasteiger partial charge in [-0.25, -0.2) is 4.89 Å². The lowest BCUT2D eigenvalue weighted by molar-refractivity contribution is -0.296. The fourth-order valence-electron chi connectivity index (χ4n) is 8.39. The van der Waals surface area contributed by atoms with Crippen LogP contribution in [0.1, 0.15) is 112 Å². The number of hydrogen-bond donors (Lipinski definition) is 1. The average molecular weight is 447 g/mol. The van der Waals surface area contributed by atoms with Crippen LogP contribution in [0.5, 0.6) is 0 Å². The average Bonchev–Trinajstić information content (AvgIpc) is 3.13. The molecule has 8 atom stereocenters. The summed E-state index contributed by atoms with van der Waals surface area (Å²) in [5.74, 6) is 3.46. The lowest BCUT2D eigenvalue weighted by Crippen LogP contribution is -2.54. The second-order valence-corrected chi connectivity index (χ2v) is 12.1. The van der Waals surface area contributed by atoms with Gasteiger partial charge < -0.3 is 4.79 Å². The minimum Gasteiger partial charge on any atom is -0.303 e. The Morgan fingerprint density at radius 3 is 2.50 bits per heavy atom. The summed E-state index contributed by atoms with van der Waals surface area (Å²) < 4.78 is 0. The minimum absolute atomic E-state index is 0.149. The maximum Gasteiger partial charge on any atom is 0.123 e. The Morgan fingerprint density at radius 2 is 1.84 bits per heavy atom. The van der Waals surface area contributed by atoms with E-state index in [1.54, 1.807) is 0 Å². The maximum absolute atomic E-state index is 11.4. The van der Waals surface area contributed by atoms with Crippen molar-refractivity contribution in [3.05, 3.63) is 11.6 Å². The summed E-state index contributed by atoms with van der Waals surface area (Å²) in [5, 5.41) is 9.91. The van der Waals surface area contributed by atoms with Crippen LogP contribution in [-0.4, -0.2) is 17.6 Å². The molecule has 0 radical (unpaired) electrons. The fraction of sp³-hybridized carbons (Fsp3) is 0.897. The zero-order valence-corrected chi connectivity index (χ0v) is 21.7. The van der Waals surface area contributed by atoms with Gasteiger partial charge in [-0.05, 0) is 91.8 Å². The van der Waals surface area contributed by atoms with Gasteiger partial charge in [0, 0.05) is 5.92 Å². The topological polar surface area (TPSA) is 46.5 Å². The first-order valence-corrected chi connectivity index (χ1v) is 13.8. The van der Waals surface area contributed by atoms with Crippen molar-refractivity contribution in [3.63, 3.8) is 0 Å². The second kappa shape index (κ2) is 10.7. The van der Waals surface area contributed by atoms with Gasteiger partial charge in [-0.2, -0.15) is 0 Å². The molecule has 0 aromatic carbocycles. The third-order valence-electron chi connectivity index (χ3n) is 10.2. The molecule has 0 spiro atoms. The second-order valence-electron chi connectivity index (χ2n) is 12.1. The van der Waals surface area contributed by atoms with Gasteiger partial charge in [-0.3, -0.25) is 5.26 Å². The minimum atomic E-state index is -0.187. The molecule has 4 aliphatic rings. The summed E-state index contributed by atoms with van der Waals surface area (Å²) in [5.41, 5.74) is 1.98. The number of carbonyl (C=O) groups excluding carboxylic acids is 1. The van der Waals surface area contributed by atoms with Gasteiger partial charge in [-0.1, -0.05) is 72.5 Å². The van der Waals surface area contributed by atoms with E-state index in [1.165, 1.54) is 56.9 Å². The van der Waals surface area contributed by atoms with Crippen LogP contribution in [-0.2, 0) is 9.68 Å². The molecule has 3 heteroatoms. The Balaban J connectivity index is 0.00000141. The quantitative estimate of drug-likeness (QED) is 0.141. The maximum atomic E-state index is 11.4. The monoisotopic (exact) mass is 446 g/mol. The molecular formula is C29H50O3. The highest BCUT2D eigenvalue weighted by molar-refractivity contribution is 5.55. The zero-order chi connectivity index (χ0) is 23.5. The molecule has 0 aromatic rings. The smallest absolute Gasteiger partial charge is 0.123 e. The largest absolute Gasteiger partial charge is 0.303 e. The van der Waals surface area contributed by atoms with Gasteiger partial charge in [0.25, 0.3) is 0 Å². The predicted octanol–water partition coefficient (Wildman–Crippen LogP) is 8.09. The zero-order valence-electron chi connectivity index (χ0n) is 21.7. The lowest BCUT2D eigenvalue weighted by Gasteiger charge is -2.59. The third kappa shape index (κ3) is 4.63. The highest BCUT2D eigenvalue weighted by atomic mass is 17.1. The van der Waals surface area contributed by atoms with Crippen LogP contribution in [0.4, 0.5) is 0 Å². The summed E-state index contributed by atoms with van der Waals surface area (Å²) in [6, 6.07) is 0. The Hall–Kier alpha value is -0.670. The first-order chi connectivity index (χ1) is 15.3. The lowest BCUT2D eigenvalue weighted by atomic mass is 9.46. The Bertz CT molecular complexity index is 655. The first kappa shape index (κ1) is 25.9. The summed E-state index contributed by atoms with van der Waals surface area (Å²) in [6.07, 6.45) is 16.9. The fourth-order valence-corrected chi connectivity index (χ4v) is 8.39. The van der Waals surface area contributed by atoms with Crippen molar-refractivity contribution in [1.82, 2.24) is 0 Å². The van der Waals surface area contributed by atoms with Crippen molar-refractivity contribution < 1.29 is 14.9 Å². The van der Waals surface area contributed by atoms with E-state index in [0.717, 1.165) is 37.4 Å². The van der Waals surface area contributed by atoms with Crippen LogP contribution in [0, 0.1) is 46.3 Å². The van der Waals surface area contributed by atoms with Crippen molar-refractivity contribution >= 4 is 6.29 Å². The van der Waals surface area contributed by atoms with Crippen LogP contribution in [0.15, 0.2) is 11.6 Å². The van der Waals surface area contributed by atoms with Gasteiger partial charge in [0.05, 0.1) is 0 Å². The van der Waals surface area contributed by atoms with E-state index in [1.807, 2.05) is 13.8 Å². The molecule has 0 aromatic heterocycles. The molecule has 3 fully saturated rings. The van der Waals surface area contributed by atoms with Gasteiger partial charge in [-0.15, -0.1) is 0 Å². The van der Waals surface area contributed by atoms with Crippen LogP contribution in [0.3, 0.4) is 0 Å². The molecule has 0 heterocycles. The molecule has 4 aliphatic carbocycles. The standard InChI is InChI=1S/C27H44O3.C2H6/c1-18(2)7-5-6-8-20-9-10-22-25-23(12-14-26(20,22)3)27(4)13-11-19(17-28)15-21(27)16-24(25)30-29;1-2/h16-20,22-25,29H,5-15H2,1-4H3;1-2H3. The number of rotatable bonds is 7. The van der Waals surface area contributed by atoms with Crippen LogP contribution in [0.25, 0.3) is 0 Å². The molecule has 1 N–H and O–H groups in total. The molecule has 8 unspecified atom stereocenters. The van der Waals surface area contributed by atoms with Crippen molar-refractivity contribution in [2.45, 2.75) is 118 Å². The predicted molar refractivity (Wildman–Crippen MR) is 132 cm³/mol. The van der Waals surface area contributed by atoms with Gasteiger partial charge in [0.2, 0.25) is 0 Å². The molecule has 4 rings (SSSR count). The molecular weight excluding hydrogens is 396 g/mol. The van der Waals surface area contributed by atoms with E-state index >= 15 is 0 Å². The number of aldehydes is 1. The van der Waals surface area contributed by atoms with E-state index in [-0.39, 0.29) is 17.4 Å². The molecule has 3 saturated carbocycles. The molecule has 184 valence electrons. The number of carbonyl (C=O) groups is 1. The molecule has 3 nitrogen and oxygen atoms in total. The summed E-state index contributed by atoms with van der Waals surface area (Å²) in [4.78, 5) is 16.6. The molecule has 32 heavy (non-hydrogen) atoms. The molecule has 0 saturated heterocycles. The number of hydrogen-bond acceptors (Lipinski definition) is 3. The van der Waals surface area contributed by atoms with Crippen LogP contribution in [0.2, 0.25) is 0 Å². The highest BCUT2D eigenvalue weighted by Crippen LogP contribution is 2.67.